The van der Waals surface area contributed by atoms with E-state index in [0.29, 0.717) is 34.3 Å². The number of aromatic nitrogens is 2. The molecule has 9 heteroatoms. The van der Waals surface area contributed by atoms with Crippen LogP contribution in [-0.4, -0.2) is 65.6 Å². The average molecular weight is 485 g/mol. The van der Waals surface area contributed by atoms with Gasteiger partial charge in [-0.3, -0.25) is 9.69 Å². The van der Waals surface area contributed by atoms with E-state index in [1.54, 1.807) is 17.5 Å². The SMILES string of the molecule is C[C@H]1CNCCN1CCCNc1ncc(Cl)c(-c2cc3c(C(=O)NC4CC4)cccc3s2)n1. The van der Waals surface area contributed by atoms with Crippen molar-refractivity contribution in [1.29, 1.82) is 0 Å². The molecule has 1 aromatic carbocycles. The third kappa shape index (κ3) is 5.30. The number of piperazine rings is 1. The summed E-state index contributed by atoms with van der Waals surface area (Å²) < 4.78 is 1.04. The highest BCUT2D eigenvalue weighted by molar-refractivity contribution is 7.22. The highest BCUT2D eigenvalue weighted by Gasteiger charge is 2.25. The third-order valence-electron chi connectivity index (χ3n) is 6.24. The Hall–Kier alpha value is -2.26. The number of hydrogen-bond acceptors (Lipinski definition) is 7. The first-order chi connectivity index (χ1) is 16.1. The number of benzene rings is 1. The van der Waals surface area contributed by atoms with Crippen LogP contribution in [0.15, 0.2) is 30.5 Å². The molecule has 2 fully saturated rings. The number of fused-ring (bicyclic) bond motifs is 1. The normalized spacial score (nSPS) is 19.0. The Morgan fingerprint density at radius 1 is 1.36 bits per heavy atom. The molecule has 0 unspecified atom stereocenters. The van der Waals surface area contributed by atoms with E-state index in [1.807, 2.05) is 24.3 Å². The van der Waals surface area contributed by atoms with Crippen molar-refractivity contribution in [3.05, 3.63) is 41.0 Å². The molecule has 0 radical (unpaired) electrons. The molecule has 1 aliphatic heterocycles. The van der Waals surface area contributed by atoms with Crippen molar-refractivity contribution >= 4 is 44.9 Å². The Morgan fingerprint density at radius 3 is 3.06 bits per heavy atom. The number of anilines is 1. The lowest BCUT2D eigenvalue weighted by molar-refractivity contribution is 0.0953. The highest BCUT2D eigenvalue weighted by atomic mass is 35.5. The van der Waals surface area contributed by atoms with Crippen molar-refractivity contribution in [2.75, 3.05) is 38.0 Å². The molecular formula is C24H29ClN6OS. The van der Waals surface area contributed by atoms with Crippen LogP contribution in [0.25, 0.3) is 20.7 Å². The molecule has 3 aromatic rings. The summed E-state index contributed by atoms with van der Waals surface area (Å²) in [5.41, 5.74) is 1.40. The van der Waals surface area contributed by atoms with Gasteiger partial charge in [-0.15, -0.1) is 11.3 Å². The van der Waals surface area contributed by atoms with Crippen LogP contribution in [0.4, 0.5) is 5.95 Å². The van der Waals surface area contributed by atoms with Crippen molar-refractivity contribution in [1.82, 2.24) is 25.5 Å². The second kappa shape index (κ2) is 9.93. The molecule has 1 saturated heterocycles. The first-order valence-corrected chi connectivity index (χ1v) is 12.8. The van der Waals surface area contributed by atoms with Gasteiger partial charge in [-0.1, -0.05) is 17.7 Å². The molecule has 1 saturated carbocycles. The largest absolute Gasteiger partial charge is 0.354 e. The van der Waals surface area contributed by atoms with Crippen molar-refractivity contribution in [3.8, 4) is 10.6 Å². The first kappa shape index (κ1) is 22.5. The number of amides is 1. The summed E-state index contributed by atoms with van der Waals surface area (Å²) in [5, 5.41) is 11.3. The van der Waals surface area contributed by atoms with Gasteiger partial charge in [0.05, 0.1) is 16.1 Å². The van der Waals surface area contributed by atoms with Gasteiger partial charge in [0, 0.05) is 60.5 Å². The van der Waals surface area contributed by atoms with Gasteiger partial charge >= 0.3 is 0 Å². The molecule has 1 amide bonds. The molecule has 0 spiro atoms. The third-order valence-corrected chi connectivity index (χ3v) is 7.62. The van der Waals surface area contributed by atoms with Crippen LogP contribution >= 0.6 is 22.9 Å². The first-order valence-electron chi connectivity index (χ1n) is 11.6. The molecule has 7 nitrogen and oxygen atoms in total. The van der Waals surface area contributed by atoms with Gasteiger partial charge in [-0.25, -0.2) is 9.97 Å². The number of thiophene rings is 1. The van der Waals surface area contributed by atoms with Crippen LogP contribution in [-0.2, 0) is 0 Å². The second-order valence-corrected chi connectivity index (χ2v) is 10.3. The van der Waals surface area contributed by atoms with Crippen LogP contribution in [0, 0.1) is 0 Å². The van der Waals surface area contributed by atoms with E-state index >= 15 is 0 Å². The smallest absolute Gasteiger partial charge is 0.252 e. The van der Waals surface area contributed by atoms with Gasteiger partial charge in [-0.2, -0.15) is 0 Å². The molecule has 1 aliphatic carbocycles. The number of halogens is 1. The summed E-state index contributed by atoms with van der Waals surface area (Å²) in [5.74, 6) is 0.564. The Bertz CT molecular complexity index is 1150. The number of nitrogens with zero attached hydrogens (tertiary/aromatic N) is 3. The summed E-state index contributed by atoms with van der Waals surface area (Å²) in [4.78, 5) is 25.2. The molecule has 174 valence electrons. The standard InChI is InChI=1S/C24H29ClN6OS/c1-15-13-26-9-11-31(15)10-3-8-27-24-28-14-19(25)22(30-24)21-12-18-17(4-2-5-20(18)33-21)23(32)29-16-6-7-16/h2,4-5,12,14-16,26H,3,6-11,13H2,1H3,(H,29,32)(H,27,28,30)/t15-/m0/s1. The van der Waals surface area contributed by atoms with Gasteiger partial charge in [0.1, 0.15) is 5.69 Å². The van der Waals surface area contributed by atoms with Crippen LogP contribution in [0.1, 0.15) is 36.5 Å². The van der Waals surface area contributed by atoms with E-state index in [2.05, 4.69) is 32.8 Å². The van der Waals surface area contributed by atoms with Crippen molar-refractivity contribution in [2.45, 2.75) is 38.3 Å². The van der Waals surface area contributed by atoms with E-state index < -0.39 is 0 Å². The molecule has 3 N–H and O–H groups in total. The fourth-order valence-electron chi connectivity index (χ4n) is 4.19. The zero-order valence-electron chi connectivity index (χ0n) is 18.7. The highest BCUT2D eigenvalue weighted by Crippen LogP contribution is 2.37. The van der Waals surface area contributed by atoms with Crippen LogP contribution < -0.4 is 16.0 Å². The lowest BCUT2D eigenvalue weighted by Gasteiger charge is -2.33. The van der Waals surface area contributed by atoms with Gasteiger partial charge in [0.2, 0.25) is 5.95 Å². The lowest BCUT2D eigenvalue weighted by atomic mass is 10.1. The van der Waals surface area contributed by atoms with Gasteiger partial charge in [0.25, 0.3) is 5.91 Å². The molecule has 2 aromatic heterocycles. The number of hydrogen-bond donors (Lipinski definition) is 3. The van der Waals surface area contributed by atoms with Crippen molar-refractivity contribution in [3.63, 3.8) is 0 Å². The van der Waals surface area contributed by atoms with Gasteiger partial charge in [0.15, 0.2) is 0 Å². The quantitative estimate of drug-likeness (QED) is 0.419. The molecule has 2 aliphatic rings. The molecule has 33 heavy (non-hydrogen) atoms. The van der Waals surface area contributed by atoms with Crippen LogP contribution in [0.5, 0.6) is 0 Å². The predicted molar refractivity (Wildman–Crippen MR) is 135 cm³/mol. The minimum Gasteiger partial charge on any atom is -0.354 e. The van der Waals surface area contributed by atoms with E-state index in [-0.39, 0.29) is 5.91 Å². The Morgan fingerprint density at radius 2 is 2.24 bits per heavy atom. The summed E-state index contributed by atoms with van der Waals surface area (Å²) in [6.45, 7) is 7.32. The predicted octanol–water partition coefficient (Wildman–Crippen LogP) is 4.00. The number of carbonyl (C=O) groups is 1. The maximum atomic E-state index is 12.7. The minimum atomic E-state index is -0.0117. The number of carbonyl (C=O) groups excluding carboxylic acids is 1. The molecule has 1 atom stereocenters. The second-order valence-electron chi connectivity index (χ2n) is 8.84. The summed E-state index contributed by atoms with van der Waals surface area (Å²) >= 11 is 8.07. The Balaban J connectivity index is 1.29. The van der Waals surface area contributed by atoms with Crippen LogP contribution in [0.2, 0.25) is 5.02 Å². The molecule has 3 heterocycles. The fraction of sp³-hybridized carbons (Fsp3) is 0.458. The van der Waals surface area contributed by atoms with Gasteiger partial charge in [-0.05, 0) is 44.4 Å². The molecular weight excluding hydrogens is 456 g/mol. The van der Waals surface area contributed by atoms with E-state index in [1.165, 1.54) is 0 Å². The van der Waals surface area contributed by atoms with Crippen LogP contribution in [0.3, 0.4) is 0 Å². The van der Waals surface area contributed by atoms with Gasteiger partial charge < -0.3 is 16.0 Å². The summed E-state index contributed by atoms with van der Waals surface area (Å²) in [6, 6.07) is 8.75. The monoisotopic (exact) mass is 484 g/mol. The zero-order chi connectivity index (χ0) is 22.8. The minimum absolute atomic E-state index is 0.0117. The summed E-state index contributed by atoms with van der Waals surface area (Å²) in [6.07, 6.45) is 4.80. The van der Waals surface area contributed by atoms with E-state index in [9.17, 15) is 4.79 Å². The number of rotatable bonds is 8. The maximum absolute atomic E-state index is 12.7. The number of nitrogens with one attached hydrogen (secondary N) is 3. The zero-order valence-corrected chi connectivity index (χ0v) is 20.3. The molecule has 0 bridgehead atoms. The van der Waals surface area contributed by atoms with Crippen molar-refractivity contribution in [2.24, 2.45) is 0 Å². The summed E-state index contributed by atoms with van der Waals surface area (Å²) in [7, 11) is 0. The lowest BCUT2D eigenvalue weighted by Crippen LogP contribution is -2.50. The average Bonchev–Trinajstić information content (AvgIpc) is 3.52. The van der Waals surface area contributed by atoms with Crippen molar-refractivity contribution < 1.29 is 4.79 Å². The maximum Gasteiger partial charge on any atom is 0.252 e. The topological polar surface area (TPSA) is 82.2 Å². The Labute approximate surface area is 202 Å². The molecule has 5 rings (SSSR count). The van der Waals surface area contributed by atoms with E-state index in [0.717, 1.165) is 66.9 Å². The Kier molecular flexibility index (Phi) is 6.78. The van der Waals surface area contributed by atoms with E-state index in [4.69, 9.17) is 16.6 Å². The fourth-order valence-corrected chi connectivity index (χ4v) is 5.53.